The van der Waals surface area contributed by atoms with Gasteiger partial charge in [-0.2, -0.15) is 5.10 Å². The molecule has 2 aromatic heterocycles. The fraction of sp³-hybridized carbons (Fsp3) is 0.385. The van der Waals surface area contributed by atoms with Crippen LogP contribution >= 0.6 is 0 Å². The van der Waals surface area contributed by atoms with Gasteiger partial charge in [-0.25, -0.2) is 4.98 Å². The zero-order valence-electron chi connectivity index (χ0n) is 10.6. The molecule has 2 rings (SSSR count). The monoisotopic (exact) mass is 230 g/mol. The third-order valence-corrected chi connectivity index (χ3v) is 3.06. The first-order valence-corrected chi connectivity index (χ1v) is 5.85. The van der Waals surface area contributed by atoms with Crippen LogP contribution in [0.25, 0.3) is 0 Å². The molecule has 4 heteroatoms. The van der Waals surface area contributed by atoms with Gasteiger partial charge in [-0.05, 0) is 37.5 Å². The van der Waals surface area contributed by atoms with Gasteiger partial charge in [0.05, 0.1) is 12.2 Å². The highest BCUT2D eigenvalue weighted by molar-refractivity contribution is 5.30. The minimum Gasteiger partial charge on any atom is -0.384 e. The van der Waals surface area contributed by atoms with Crippen molar-refractivity contribution < 1.29 is 0 Å². The molecule has 0 radical (unpaired) electrons. The molecular formula is C13H18N4. The Hall–Kier alpha value is -1.84. The molecule has 0 saturated carbocycles. The highest BCUT2D eigenvalue weighted by Crippen LogP contribution is 2.15. The Bertz CT molecular complexity index is 511. The summed E-state index contributed by atoms with van der Waals surface area (Å²) in [4.78, 5) is 4.09. The van der Waals surface area contributed by atoms with Crippen LogP contribution in [-0.2, 0) is 13.0 Å². The molecule has 4 nitrogen and oxygen atoms in total. The van der Waals surface area contributed by atoms with E-state index in [1.807, 2.05) is 16.8 Å². The lowest BCUT2D eigenvalue weighted by atomic mass is 10.1. The first kappa shape index (κ1) is 11.6. The Labute approximate surface area is 101 Å². The summed E-state index contributed by atoms with van der Waals surface area (Å²) in [6, 6.07) is 3.81. The summed E-state index contributed by atoms with van der Waals surface area (Å²) in [5.41, 5.74) is 10.4. The van der Waals surface area contributed by atoms with Crippen LogP contribution < -0.4 is 5.73 Å². The highest BCUT2D eigenvalue weighted by Gasteiger charge is 2.09. The number of pyridine rings is 1. The van der Waals surface area contributed by atoms with Gasteiger partial charge in [0.1, 0.15) is 5.82 Å². The second-order valence-electron chi connectivity index (χ2n) is 4.25. The lowest BCUT2D eigenvalue weighted by Gasteiger charge is -2.05. The fourth-order valence-electron chi connectivity index (χ4n) is 2.10. The number of hydrogen-bond donors (Lipinski definition) is 1. The molecule has 0 aliphatic carbocycles. The largest absolute Gasteiger partial charge is 0.384 e. The SMILES string of the molecule is CCc1c(C)nn(Cc2ccc(N)nc2)c1C. The van der Waals surface area contributed by atoms with Crippen LogP contribution in [0, 0.1) is 13.8 Å². The number of anilines is 1. The zero-order chi connectivity index (χ0) is 12.4. The van der Waals surface area contributed by atoms with Crippen LogP contribution in [0.5, 0.6) is 0 Å². The molecule has 2 N–H and O–H groups in total. The molecule has 17 heavy (non-hydrogen) atoms. The van der Waals surface area contributed by atoms with E-state index in [0.29, 0.717) is 5.82 Å². The molecule has 90 valence electrons. The van der Waals surface area contributed by atoms with Crippen molar-refractivity contribution in [1.29, 1.82) is 0 Å². The van der Waals surface area contributed by atoms with Crippen LogP contribution in [0.2, 0.25) is 0 Å². The number of nitrogen functional groups attached to an aromatic ring is 1. The van der Waals surface area contributed by atoms with Crippen molar-refractivity contribution in [3.8, 4) is 0 Å². The Morgan fingerprint density at radius 3 is 2.59 bits per heavy atom. The van der Waals surface area contributed by atoms with Crippen LogP contribution in [0.4, 0.5) is 5.82 Å². The molecule has 2 heterocycles. The van der Waals surface area contributed by atoms with E-state index in [1.54, 1.807) is 6.20 Å². The minimum atomic E-state index is 0.552. The van der Waals surface area contributed by atoms with Crippen LogP contribution in [0.3, 0.4) is 0 Å². The third-order valence-electron chi connectivity index (χ3n) is 3.06. The summed E-state index contributed by atoms with van der Waals surface area (Å²) in [6.07, 6.45) is 2.83. The third kappa shape index (κ3) is 2.30. The maximum Gasteiger partial charge on any atom is 0.123 e. The quantitative estimate of drug-likeness (QED) is 0.878. The van der Waals surface area contributed by atoms with E-state index in [-0.39, 0.29) is 0 Å². The molecule has 0 fully saturated rings. The fourth-order valence-corrected chi connectivity index (χ4v) is 2.10. The molecule has 0 saturated heterocycles. The number of nitrogens with zero attached hydrogens (tertiary/aromatic N) is 3. The summed E-state index contributed by atoms with van der Waals surface area (Å²) in [5, 5.41) is 4.56. The smallest absolute Gasteiger partial charge is 0.123 e. The summed E-state index contributed by atoms with van der Waals surface area (Å²) >= 11 is 0. The van der Waals surface area contributed by atoms with Crippen molar-refractivity contribution in [2.24, 2.45) is 0 Å². The van der Waals surface area contributed by atoms with Crippen LogP contribution in [0.1, 0.15) is 29.4 Å². The first-order chi connectivity index (χ1) is 8.11. The van der Waals surface area contributed by atoms with Gasteiger partial charge in [0.25, 0.3) is 0 Å². The lowest BCUT2D eigenvalue weighted by Crippen LogP contribution is -2.05. The van der Waals surface area contributed by atoms with Crippen molar-refractivity contribution in [3.63, 3.8) is 0 Å². The van der Waals surface area contributed by atoms with Crippen molar-refractivity contribution in [3.05, 3.63) is 40.8 Å². The Balaban J connectivity index is 2.27. The Morgan fingerprint density at radius 2 is 2.06 bits per heavy atom. The maximum atomic E-state index is 5.57. The van der Waals surface area contributed by atoms with E-state index in [9.17, 15) is 0 Å². The van der Waals surface area contributed by atoms with Crippen molar-refractivity contribution in [2.45, 2.75) is 33.7 Å². The van der Waals surface area contributed by atoms with Crippen molar-refractivity contribution in [2.75, 3.05) is 5.73 Å². The number of aromatic nitrogens is 3. The standard InChI is InChI=1S/C13H18N4/c1-4-12-9(2)16-17(10(12)3)8-11-5-6-13(14)15-7-11/h5-7H,4,8H2,1-3H3,(H2,14,15). The van der Waals surface area contributed by atoms with Gasteiger partial charge >= 0.3 is 0 Å². The minimum absolute atomic E-state index is 0.552. The van der Waals surface area contributed by atoms with Gasteiger partial charge in [0.2, 0.25) is 0 Å². The van der Waals surface area contributed by atoms with Gasteiger partial charge in [0.15, 0.2) is 0 Å². The van der Waals surface area contributed by atoms with E-state index in [0.717, 1.165) is 24.2 Å². The summed E-state index contributed by atoms with van der Waals surface area (Å²) in [7, 11) is 0. The lowest BCUT2D eigenvalue weighted by molar-refractivity contribution is 0.656. The molecule has 0 amide bonds. The molecule has 0 bridgehead atoms. The summed E-state index contributed by atoms with van der Waals surface area (Å²) in [6.45, 7) is 7.08. The molecule has 0 aromatic carbocycles. The molecule has 0 aliphatic heterocycles. The van der Waals surface area contributed by atoms with Gasteiger partial charge in [0, 0.05) is 11.9 Å². The highest BCUT2D eigenvalue weighted by atomic mass is 15.3. The maximum absolute atomic E-state index is 5.57. The van der Waals surface area contributed by atoms with Crippen molar-refractivity contribution in [1.82, 2.24) is 14.8 Å². The van der Waals surface area contributed by atoms with Gasteiger partial charge in [-0.15, -0.1) is 0 Å². The second-order valence-corrected chi connectivity index (χ2v) is 4.25. The van der Waals surface area contributed by atoms with E-state index >= 15 is 0 Å². The predicted molar refractivity (Wildman–Crippen MR) is 68.8 cm³/mol. The summed E-state index contributed by atoms with van der Waals surface area (Å²) in [5.74, 6) is 0.552. The van der Waals surface area contributed by atoms with E-state index in [2.05, 4.69) is 30.9 Å². The average molecular weight is 230 g/mol. The molecule has 0 atom stereocenters. The molecule has 2 aromatic rings. The van der Waals surface area contributed by atoms with Gasteiger partial charge < -0.3 is 5.73 Å². The molecule has 0 unspecified atom stereocenters. The van der Waals surface area contributed by atoms with E-state index in [4.69, 9.17) is 5.73 Å². The molecule has 0 spiro atoms. The number of hydrogen-bond acceptors (Lipinski definition) is 3. The van der Waals surface area contributed by atoms with Crippen molar-refractivity contribution >= 4 is 5.82 Å². The van der Waals surface area contributed by atoms with Crippen LogP contribution in [0.15, 0.2) is 18.3 Å². The van der Waals surface area contributed by atoms with Gasteiger partial charge in [-0.3, -0.25) is 4.68 Å². The van der Waals surface area contributed by atoms with Crippen LogP contribution in [-0.4, -0.2) is 14.8 Å². The van der Waals surface area contributed by atoms with E-state index in [1.165, 1.54) is 11.3 Å². The first-order valence-electron chi connectivity index (χ1n) is 5.85. The molecule has 0 aliphatic rings. The second kappa shape index (κ2) is 4.57. The zero-order valence-corrected chi connectivity index (χ0v) is 10.6. The normalized spacial score (nSPS) is 10.8. The Morgan fingerprint density at radius 1 is 1.29 bits per heavy atom. The topological polar surface area (TPSA) is 56.7 Å². The number of aryl methyl sites for hydroxylation is 1. The number of nitrogens with two attached hydrogens (primary N) is 1. The predicted octanol–water partition coefficient (Wildman–Crippen LogP) is 2.09. The Kier molecular flexibility index (Phi) is 3.13. The van der Waals surface area contributed by atoms with Gasteiger partial charge in [-0.1, -0.05) is 13.0 Å². The molecular weight excluding hydrogens is 212 g/mol. The number of rotatable bonds is 3. The average Bonchev–Trinajstić information content (AvgIpc) is 2.57. The van der Waals surface area contributed by atoms with E-state index < -0.39 is 0 Å². The summed E-state index contributed by atoms with van der Waals surface area (Å²) < 4.78 is 2.03.